The lowest BCUT2D eigenvalue weighted by Gasteiger charge is -2.07. The minimum Gasteiger partial charge on any atom is -0.367 e. The van der Waals surface area contributed by atoms with Crippen molar-refractivity contribution in [1.82, 2.24) is 0 Å². The van der Waals surface area contributed by atoms with E-state index in [0.717, 1.165) is 39.3 Å². The second kappa shape index (κ2) is 6.35. The molecule has 0 aliphatic heterocycles. The quantitative estimate of drug-likeness (QED) is 0.605. The molecule has 1 N–H and O–H groups in total. The molecule has 0 unspecified atom stereocenters. The van der Waals surface area contributed by atoms with Gasteiger partial charge in [-0.3, -0.25) is 10.1 Å². The molecule has 22 heavy (non-hydrogen) atoms. The molecule has 0 aliphatic carbocycles. The van der Waals surface area contributed by atoms with Crippen LogP contribution in [0, 0.1) is 17.0 Å². The molecule has 0 radical (unpaired) electrons. The first-order valence-corrected chi connectivity index (χ1v) is 9.66. The normalized spacial score (nSPS) is 11.4. The molecular formula is C13H13BrN2O4S2. The van der Waals surface area contributed by atoms with Crippen LogP contribution in [0.1, 0.15) is 11.1 Å². The van der Waals surface area contributed by atoms with Gasteiger partial charge in [-0.15, -0.1) is 0 Å². The van der Waals surface area contributed by atoms with E-state index in [9.17, 15) is 18.5 Å². The fourth-order valence-electron chi connectivity index (χ4n) is 1.81. The highest BCUT2D eigenvalue weighted by Gasteiger charge is 2.23. The first-order valence-electron chi connectivity index (χ1n) is 6.15. The van der Waals surface area contributed by atoms with Crippen molar-refractivity contribution < 1.29 is 13.3 Å². The molecule has 0 aliphatic rings. The van der Waals surface area contributed by atoms with Crippen LogP contribution in [-0.2, 0) is 16.4 Å². The minimum absolute atomic E-state index is 0.0207. The van der Waals surface area contributed by atoms with Crippen molar-refractivity contribution in [1.29, 1.82) is 0 Å². The van der Waals surface area contributed by atoms with Gasteiger partial charge in [0, 0.05) is 23.3 Å². The van der Waals surface area contributed by atoms with Gasteiger partial charge in [-0.05, 0) is 30.2 Å². The highest BCUT2D eigenvalue weighted by atomic mass is 79.9. The number of benzene rings is 1. The second-order valence-electron chi connectivity index (χ2n) is 4.73. The van der Waals surface area contributed by atoms with E-state index in [1.807, 2.05) is 25.1 Å². The van der Waals surface area contributed by atoms with Crippen LogP contribution in [-0.4, -0.2) is 19.6 Å². The molecule has 1 heterocycles. The van der Waals surface area contributed by atoms with Crippen molar-refractivity contribution in [3.8, 4) is 0 Å². The molecule has 1 aromatic heterocycles. The van der Waals surface area contributed by atoms with E-state index in [2.05, 4.69) is 21.2 Å². The summed E-state index contributed by atoms with van der Waals surface area (Å²) in [5, 5.41) is 14.3. The number of sulfone groups is 1. The van der Waals surface area contributed by atoms with Gasteiger partial charge in [0.25, 0.3) is 0 Å². The molecular weight excluding hydrogens is 392 g/mol. The van der Waals surface area contributed by atoms with Crippen molar-refractivity contribution in [2.24, 2.45) is 0 Å². The highest BCUT2D eigenvalue weighted by Crippen LogP contribution is 2.37. The van der Waals surface area contributed by atoms with E-state index >= 15 is 0 Å². The van der Waals surface area contributed by atoms with E-state index in [1.54, 1.807) is 0 Å². The third kappa shape index (κ3) is 3.84. The minimum atomic E-state index is -3.47. The Balaban J connectivity index is 2.31. The Hall–Kier alpha value is -1.45. The number of thiophene rings is 1. The Morgan fingerprint density at radius 2 is 2.05 bits per heavy atom. The van der Waals surface area contributed by atoms with Crippen molar-refractivity contribution >= 4 is 47.8 Å². The van der Waals surface area contributed by atoms with Gasteiger partial charge in [0.15, 0.2) is 14.8 Å². The zero-order chi connectivity index (χ0) is 16.5. The molecule has 0 saturated carbocycles. The molecule has 0 fully saturated rings. The van der Waals surface area contributed by atoms with Crippen molar-refractivity contribution in [3.63, 3.8) is 0 Å². The number of nitrogens with one attached hydrogen (secondary N) is 1. The number of nitrogens with zero attached hydrogens (tertiary/aromatic N) is 1. The summed E-state index contributed by atoms with van der Waals surface area (Å²) in [6, 6.07) is 6.86. The number of nitro groups is 1. The largest absolute Gasteiger partial charge is 0.367 e. The first-order chi connectivity index (χ1) is 10.2. The van der Waals surface area contributed by atoms with Gasteiger partial charge in [0.2, 0.25) is 0 Å². The zero-order valence-electron chi connectivity index (χ0n) is 11.8. The van der Waals surface area contributed by atoms with Crippen LogP contribution in [0.2, 0.25) is 0 Å². The van der Waals surface area contributed by atoms with E-state index < -0.39 is 14.8 Å². The Morgan fingerprint density at radius 3 is 2.64 bits per heavy atom. The maximum absolute atomic E-state index is 11.5. The fourth-order valence-corrected chi connectivity index (χ4v) is 4.15. The molecule has 2 aromatic rings. The van der Waals surface area contributed by atoms with Crippen LogP contribution >= 0.6 is 27.3 Å². The van der Waals surface area contributed by atoms with Gasteiger partial charge in [-0.25, -0.2) is 8.42 Å². The predicted molar refractivity (Wildman–Crippen MR) is 90.3 cm³/mol. The van der Waals surface area contributed by atoms with E-state index in [0.29, 0.717) is 6.54 Å². The molecule has 0 spiro atoms. The standard InChI is InChI=1S/C13H13BrN2O4S2/c1-8-3-4-10(14)5-9(8)7-15-13-11(16(17)18)6-12(21-13)22(2,19)20/h3-6,15H,7H2,1-2H3. The number of hydrogen-bond acceptors (Lipinski definition) is 6. The number of rotatable bonds is 5. The molecule has 6 nitrogen and oxygen atoms in total. The topological polar surface area (TPSA) is 89.3 Å². The summed E-state index contributed by atoms with van der Waals surface area (Å²) in [7, 11) is -3.47. The van der Waals surface area contributed by atoms with E-state index in [4.69, 9.17) is 0 Å². The molecule has 0 bridgehead atoms. The second-order valence-corrected chi connectivity index (χ2v) is 8.94. The molecule has 118 valence electrons. The monoisotopic (exact) mass is 404 g/mol. The summed E-state index contributed by atoms with van der Waals surface area (Å²) in [5.74, 6) is 0. The molecule has 0 amide bonds. The maximum Gasteiger partial charge on any atom is 0.304 e. The Labute approximate surface area is 140 Å². The molecule has 1 aromatic carbocycles. The van der Waals surface area contributed by atoms with Crippen molar-refractivity contribution in [3.05, 3.63) is 50.0 Å². The molecule has 9 heteroatoms. The molecule has 2 rings (SSSR count). The van der Waals surface area contributed by atoms with Crippen LogP contribution in [0.25, 0.3) is 0 Å². The summed E-state index contributed by atoms with van der Waals surface area (Å²) in [5.41, 5.74) is 1.79. The number of anilines is 1. The summed E-state index contributed by atoms with van der Waals surface area (Å²) >= 11 is 4.25. The number of aryl methyl sites for hydroxylation is 1. The zero-order valence-corrected chi connectivity index (χ0v) is 15.0. The number of hydrogen-bond donors (Lipinski definition) is 1. The Bertz CT molecular complexity index is 831. The van der Waals surface area contributed by atoms with Gasteiger partial charge < -0.3 is 5.32 Å². The van der Waals surface area contributed by atoms with Crippen LogP contribution in [0.4, 0.5) is 10.7 Å². The van der Waals surface area contributed by atoms with Gasteiger partial charge in [-0.2, -0.15) is 0 Å². The molecule has 0 atom stereocenters. The smallest absolute Gasteiger partial charge is 0.304 e. The van der Waals surface area contributed by atoms with Crippen LogP contribution < -0.4 is 5.32 Å². The Kier molecular flexibility index (Phi) is 4.88. The summed E-state index contributed by atoms with van der Waals surface area (Å²) in [4.78, 5) is 10.5. The van der Waals surface area contributed by atoms with E-state index in [1.165, 1.54) is 0 Å². The van der Waals surface area contributed by atoms with Crippen LogP contribution in [0.15, 0.2) is 32.9 Å². The third-order valence-corrected chi connectivity index (χ3v) is 6.38. The van der Waals surface area contributed by atoms with Gasteiger partial charge in [0.1, 0.15) is 4.21 Å². The average molecular weight is 405 g/mol. The SMILES string of the molecule is Cc1ccc(Br)cc1CNc1sc(S(C)(=O)=O)cc1[N+](=O)[O-]. The summed E-state index contributed by atoms with van der Waals surface area (Å²) in [6.45, 7) is 2.31. The number of halogens is 1. The first kappa shape index (κ1) is 16.9. The summed E-state index contributed by atoms with van der Waals surface area (Å²) < 4.78 is 24.0. The lowest BCUT2D eigenvalue weighted by atomic mass is 10.1. The highest BCUT2D eigenvalue weighted by molar-refractivity contribution is 9.10. The lowest BCUT2D eigenvalue weighted by Crippen LogP contribution is -2.01. The van der Waals surface area contributed by atoms with Crippen molar-refractivity contribution in [2.75, 3.05) is 11.6 Å². The predicted octanol–water partition coefficient (Wildman–Crippen LogP) is 3.74. The van der Waals surface area contributed by atoms with Crippen LogP contribution in [0.3, 0.4) is 0 Å². The molecule has 0 saturated heterocycles. The van der Waals surface area contributed by atoms with Gasteiger partial charge in [0.05, 0.1) is 4.92 Å². The summed E-state index contributed by atoms with van der Waals surface area (Å²) in [6.07, 6.45) is 1.03. The average Bonchev–Trinajstić information content (AvgIpc) is 2.84. The van der Waals surface area contributed by atoms with Gasteiger partial charge in [-0.1, -0.05) is 33.3 Å². The lowest BCUT2D eigenvalue weighted by molar-refractivity contribution is -0.383. The third-order valence-electron chi connectivity index (χ3n) is 3.00. The maximum atomic E-state index is 11.5. The van der Waals surface area contributed by atoms with Crippen LogP contribution in [0.5, 0.6) is 0 Å². The Morgan fingerprint density at radius 1 is 1.36 bits per heavy atom. The van der Waals surface area contributed by atoms with E-state index in [-0.39, 0.29) is 14.9 Å². The fraction of sp³-hybridized carbons (Fsp3) is 0.231. The van der Waals surface area contributed by atoms with Crippen molar-refractivity contribution in [2.45, 2.75) is 17.7 Å². The van der Waals surface area contributed by atoms with Gasteiger partial charge >= 0.3 is 5.69 Å².